The Morgan fingerprint density at radius 3 is 2.67 bits per heavy atom. The summed E-state index contributed by atoms with van der Waals surface area (Å²) in [5.74, 6) is -0.0359. The third kappa shape index (κ3) is 5.33. The molecule has 33 heavy (non-hydrogen) atoms. The highest BCUT2D eigenvalue weighted by Gasteiger charge is 2.41. The Balaban J connectivity index is 1.56. The standard InChI is InChI=1S/C25H31FN4O3/c1-17(2)9-10-27-25(31)22-14-19-13-21(30(32)33)7-8-23(19)29-12-11-28(16-24(22)29)15-18-3-5-20(26)6-4-18/h3-8,13,17,22,24H,9-12,14-16H2,1-2H3,(H,27,31)/t22-,24-/m1/s1. The summed E-state index contributed by atoms with van der Waals surface area (Å²) in [5.41, 5.74) is 2.94. The van der Waals surface area contributed by atoms with Crippen LogP contribution in [0.15, 0.2) is 42.5 Å². The van der Waals surface area contributed by atoms with Crippen LogP contribution >= 0.6 is 0 Å². The highest BCUT2D eigenvalue weighted by molar-refractivity contribution is 5.82. The normalized spacial score (nSPS) is 20.3. The van der Waals surface area contributed by atoms with Crippen LogP contribution in [0.2, 0.25) is 0 Å². The van der Waals surface area contributed by atoms with Crippen molar-refractivity contribution in [3.63, 3.8) is 0 Å². The number of anilines is 1. The molecule has 0 spiro atoms. The fourth-order valence-electron chi connectivity index (χ4n) is 4.89. The van der Waals surface area contributed by atoms with Gasteiger partial charge in [0.25, 0.3) is 5.69 Å². The molecule has 0 bridgehead atoms. The molecule has 1 amide bonds. The van der Waals surface area contributed by atoms with E-state index in [1.54, 1.807) is 24.3 Å². The molecule has 2 aliphatic rings. The molecule has 2 aromatic rings. The van der Waals surface area contributed by atoms with Crippen molar-refractivity contribution in [1.29, 1.82) is 0 Å². The van der Waals surface area contributed by atoms with Crippen molar-refractivity contribution in [3.05, 3.63) is 69.5 Å². The molecule has 4 rings (SSSR count). The number of rotatable bonds is 7. The van der Waals surface area contributed by atoms with Gasteiger partial charge in [0.2, 0.25) is 5.91 Å². The highest BCUT2D eigenvalue weighted by Crippen LogP contribution is 2.38. The van der Waals surface area contributed by atoms with Gasteiger partial charge in [-0.2, -0.15) is 0 Å². The first-order valence-corrected chi connectivity index (χ1v) is 11.6. The van der Waals surface area contributed by atoms with E-state index in [4.69, 9.17) is 0 Å². The lowest BCUT2D eigenvalue weighted by molar-refractivity contribution is -0.384. The summed E-state index contributed by atoms with van der Waals surface area (Å²) in [7, 11) is 0. The van der Waals surface area contributed by atoms with Gasteiger partial charge in [-0.25, -0.2) is 4.39 Å². The number of halogens is 1. The Labute approximate surface area is 193 Å². The molecular formula is C25H31FN4O3. The Kier molecular flexibility index (Phi) is 6.93. The zero-order chi connectivity index (χ0) is 23.5. The van der Waals surface area contributed by atoms with Crippen LogP contribution in [0, 0.1) is 27.8 Å². The van der Waals surface area contributed by atoms with Crippen LogP contribution in [0.1, 0.15) is 31.4 Å². The number of nitro groups is 1. The summed E-state index contributed by atoms with van der Waals surface area (Å²) < 4.78 is 13.3. The van der Waals surface area contributed by atoms with E-state index < -0.39 is 0 Å². The molecule has 2 aromatic carbocycles. The largest absolute Gasteiger partial charge is 0.365 e. The van der Waals surface area contributed by atoms with Crippen LogP contribution in [0.4, 0.5) is 15.8 Å². The number of carbonyl (C=O) groups excluding carboxylic acids is 1. The van der Waals surface area contributed by atoms with E-state index in [2.05, 4.69) is 29.0 Å². The van der Waals surface area contributed by atoms with E-state index in [0.29, 0.717) is 32.0 Å². The second kappa shape index (κ2) is 9.87. The molecule has 1 N–H and O–H groups in total. The topological polar surface area (TPSA) is 78.7 Å². The van der Waals surface area contributed by atoms with Gasteiger partial charge >= 0.3 is 0 Å². The van der Waals surface area contributed by atoms with Crippen molar-refractivity contribution in [2.24, 2.45) is 11.8 Å². The summed E-state index contributed by atoms with van der Waals surface area (Å²) in [6.07, 6.45) is 1.39. The Morgan fingerprint density at radius 2 is 1.97 bits per heavy atom. The molecule has 1 fully saturated rings. The van der Waals surface area contributed by atoms with E-state index >= 15 is 0 Å². The van der Waals surface area contributed by atoms with E-state index in [1.165, 1.54) is 12.1 Å². The fourth-order valence-corrected chi connectivity index (χ4v) is 4.89. The number of nitro benzene ring substituents is 1. The van der Waals surface area contributed by atoms with Gasteiger partial charge in [0.05, 0.1) is 16.9 Å². The van der Waals surface area contributed by atoms with Gasteiger partial charge in [0.15, 0.2) is 0 Å². The molecule has 0 aromatic heterocycles. The molecule has 8 heteroatoms. The lowest BCUT2D eigenvalue weighted by Crippen LogP contribution is -2.60. The van der Waals surface area contributed by atoms with Gasteiger partial charge in [-0.3, -0.25) is 19.8 Å². The highest BCUT2D eigenvalue weighted by atomic mass is 19.1. The van der Waals surface area contributed by atoms with Crippen LogP contribution in [-0.4, -0.2) is 48.0 Å². The van der Waals surface area contributed by atoms with Crippen molar-refractivity contribution >= 4 is 17.3 Å². The van der Waals surface area contributed by atoms with Crippen LogP contribution in [0.5, 0.6) is 0 Å². The minimum atomic E-state index is -0.384. The first kappa shape index (κ1) is 23.2. The minimum Gasteiger partial charge on any atom is -0.365 e. The maximum Gasteiger partial charge on any atom is 0.269 e. The van der Waals surface area contributed by atoms with Crippen molar-refractivity contribution in [3.8, 4) is 0 Å². The maximum absolute atomic E-state index is 13.3. The van der Waals surface area contributed by atoms with Gasteiger partial charge in [0.1, 0.15) is 5.82 Å². The molecule has 0 aliphatic carbocycles. The number of carbonyl (C=O) groups is 1. The van der Waals surface area contributed by atoms with E-state index in [0.717, 1.165) is 36.3 Å². The average molecular weight is 455 g/mol. The first-order chi connectivity index (χ1) is 15.8. The zero-order valence-electron chi connectivity index (χ0n) is 19.2. The Morgan fingerprint density at radius 1 is 1.21 bits per heavy atom. The number of nitrogens with zero attached hydrogens (tertiary/aromatic N) is 3. The third-order valence-corrected chi connectivity index (χ3v) is 6.67. The second-order valence-corrected chi connectivity index (χ2v) is 9.48. The van der Waals surface area contributed by atoms with Crippen molar-refractivity contribution in [2.45, 2.75) is 39.3 Å². The van der Waals surface area contributed by atoms with Crippen LogP contribution < -0.4 is 10.2 Å². The average Bonchev–Trinajstić information content (AvgIpc) is 2.79. The predicted octanol–water partition coefficient (Wildman–Crippen LogP) is 3.76. The van der Waals surface area contributed by atoms with Crippen LogP contribution in [0.25, 0.3) is 0 Å². The molecule has 2 heterocycles. The number of amides is 1. The molecule has 0 radical (unpaired) electrons. The molecule has 2 atom stereocenters. The number of benzene rings is 2. The SMILES string of the molecule is CC(C)CCNC(=O)[C@@H]1Cc2cc([N+](=O)[O-])ccc2N2CCN(Cc3ccc(F)cc3)C[C@H]12. The summed E-state index contributed by atoms with van der Waals surface area (Å²) >= 11 is 0. The molecule has 7 nitrogen and oxygen atoms in total. The molecule has 0 unspecified atom stereocenters. The number of hydrogen-bond donors (Lipinski definition) is 1. The van der Waals surface area contributed by atoms with Crippen LogP contribution in [0.3, 0.4) is 0 Å². The lowest BCUT2D eigenvalue weighted by atomic mass is 9.83. The van der Waals surface area contributed by atoms with Crippen LogP contribution in [-0.2, 0) is 17.8 Å². The number of fused-ring (bicyclic) bond motifs is 3. The first-order valence-electron chi connectivity index (χ1n) is 11.6. The monoisotopic (exact) mass is 454 g/mol. The van der Waals surface area contributed by atoms with Crippen molar-refractivity contribution < 1.29 is 14.1 Å². The molecule has 1 saturated heterocycles. The fraction of sp³-hybridized carbons (Fsp3) is 0.480. The molecule has 0 saturated carbocycles. The van der Waals surface area contributed by atoms with Gasteiger partial charge in [-0.1, -0.05) is 26.0 Å². The zero-order valence-corrected chi connectivity index (χ0v) is 19.2. The summed E-state index contributed by atoms with van der Waals surface area (Å²) in [6.45, 7) is 7.80. The van der Waals surface area contributed by atoms with Gasteiger partial charge in [0, 0.05) is 50.5 Å². The Bertz CT molecular complexity index is 1010. The van der Waals surface area contributed by atoms with E-state index in [1.807, 2.05) is 6.07 Å². The summed E-state index contributed by atoms with van der Waals surface area (Å²) in [6, 6.07) is 11.5. The second-order valence-electron chi connectivity index (χ2n) is 9.48. The smallest absolute Gasteiger partial charge is 0.269 e. The predicted molar refractivity (Wildman–Crippen MR) is 126 cm³/mol. The van der Waals surface area contributed by atoms with Crippen molar-refractivity contribution in [1.82, 2.24) is 10.2 Å². The molecule has 2 aliphatic heterocycles. The third-order valence-electron chi connectivity index (χ3n) is 6.67. The summed E-state index contributed by atoms with van der Waals surface area (Å²) in [4.78, 5) is 28.7. The van der Waals surface area contributed by atoms with E-state index in [9.17, 15) is 19.3 Å². The Hall–Kier alpha value is -3.00. The number of hydrogen-bond acceptors (Lipinski definition) is 5. The molecule has 176 valence electrons. The minimum absolute atomic E-state index is 0.00596. The van der Waals surface area contributed by atoms with Gasteiger partial charge in [-0.05, 0) is 48.1 Å². The maximum atomic E-state index is 13.3. The number of piperazine rings is 1. The lowest BCUT2D eigenvalue weighted by Gasteiger charge is -2.49. The number of non-ortho nitro benzene ring substituents is 1. The van der Waals surface area contributed by atoms with Crippen molar-refractivity contribution in [2.75, 3.05) is 31.1 Å². The van der Waals surface area contributed by atoms with Gasteiger partial charge < -0.3 is 10.2 Å². The quantitative estimate of drug-likeness (QED) is 0.509. The van der Waals surface area contributed by atoms with E-state index in [-0.39, 0.29) is 34.3 Å². The molecular weight excluding hydrogens is 423 g/mol. The number of nitrogens with one attached hydrogen (secondary N) is 1. The summed E-state index contributed by atoms with van der Waals surface area (Å²) in [5, 5.41) is 14.4. The van der Waals surface area contributed by atoms with Gasteiger partial charge in [-0.15, -0.1) is 0 Å².